The second-order valence-electron chi connectivity index (χ2n) is 5.32. The minimum absolute atomic E-state index is 0.751. The molecular weight excluding hydrogens is 321 g/mol. The van der Waals surface area contributed by atoms with Gasteiger partial charge in [-0.25, -0.2) is 0 Å². The second-order valence-corrected chi connectivity index (χ2v) is 6.57. The van der Waals surface area contributed by atoms with Gasteiger partial charge in [-0.05, 0) is 78.1 Å². The van der Waals surface area contributed by atoms with E-state index in [0.29, 0.717) is 0 Å². The van der Waals surface area contributed by atoms with Crippen molar-refractivity contribution in [2.75, 3.05) is 13.1 Å². The van der Waals surface area contributed by atoms with Crippen LogP contribution in [0.4, 0.5) is 0 Å². The highest BCUT2D eigenvalue weighted by Gasteiger charge is 2.03. The zero-order chi connectivity index (χ0) is 12.7. The van der Waals surface area contributed by atoms with Crippen LogP contribution in [0.2, 0.25) is 0 Å². The van der Waals surface area contributed by atoms with Gasteiger partial charge in [-0.1, -0.05) is 32.9 Å². The molecule has 0 bridgehead atoms. The van der Waals surface area contributed by atoms with Crippen LogP contribution in [0.25, 0.3) is 0 Å². The molecule has 0 saturated heterocycles. The van der Waals surface area contributed by atoms with Crippen molar-refractivity contribution in [1.82, 2.24) is 5.32 Å². The molecule has 2 heteroatoms. The van der Waals surface area contributed by atoms with Gasteiger partial charge in [0.2, 0.25) is 0 Å². The Kier molecular flexibility index (Phi) is 7.12. The lowest BCUT2D eigenvalue weighted by Crippen LogP contribution is -2.22. The Morgan fingerprint density at radius 2 is 1.76 bits per heavy atom. The van der Waals surface area contributed by atoms with E-state index in [2.05, 4.69) is 72.9 Å². The van der Waals surface area contributed by atoms with E-state index in [-0.39, 0.29) is 0 Å². The molecule has 0 aliphatic heterocycles. The summed E-state index contributed by atoms with van der Waals surface area (Å²) in [5.41, 5.74) is 1.46. The number of rotatable bonds is 7. The van der Waals surface area contributed by atoms with E-state index in [1.807, 2.05) is 0 Å². The molecule has 1 unspecified atom stereocenters. The average molecular weight is 345 g/mol. The van der Waals surface area contributed by atoms with Gasteiger partial charge >= 0.3 is 0 Å². The Morgan fingerprint density at radius 1 is 1.12 bits per heavy atom. The lowest BCUT2D eigenvalue weighted by atomic mass is 9.98. The van der Waals surface area contributed by atoms with Crippen molar-refractivity contribution in [2.24, 2.45) is 11.8 Å². The van der Waals surface area contributed by atoms with Gasteiger partial charge < -0.3 is 5.32 Å². The van der Waals surface area contributed by atoms with Crippen LogP contribution >= 0.6 is 22.6 Å². The third-order valence-corrected chi connectivity index (χ3v) is 3.58. The summed E-state index contributed by atoms with van der Waals surface area (Å²) in [5, 5.41) is 3.51. The highest BCUT2D eigenvalue weighted by molar-refractivity contribution is 14.1. The third kappa shape index (κ3) is 7.04. The van der Waals surface area contributed by atoms with E-state index in [1.54, 1.807) is 0 Å². The largest absolute Gasteiger partial charge is 0.316 e. The molecule has 1 rings (SSSR count). The van der Waals surface area contributed by atoms with Crippen molar-refractivity contribution >= 4 is 22.6 Å². The van der Waals surface area contributed by atoms with Crippen molar-refractivity contribution < 1.29 is 0 Å². The maximum absolute atomic E-state index is 3.51. The van der Waals surface area contributed by atoms with Gasteiger partial charge in [0.1, 0.15) is 0 Å². The van der Waals surface area contributed by atoms with Crippen molar-refractivity contribution in [1.29, 1.82) is 0 Å². The van der Waals surface area contributed by atoms with E-state index in [9.17, 15) is 0 Å². The fraction of sp³-hybridized carbons (Fsp3) is 0.600. The first kappa shape index (κ1) is 15.0. The zero-order valence-electron chi connectivity index (χ0n) is 11.2. The standard InChI is InChI=1S/C15H24IN/c1-12(2)11-17-9-8-13(3)10-14-4-6-15(16)7-5-14/h4-7,12-13,17H,8-11H2,1-3H3. The molecule has 1 N–H and O–H groups in total. The smallest absolute Gasteiger partial charge is 0.0130 e. The number of hydrogen-bond acceptors (Lipinski definition) is 1. The summed E-state index contributed by atoms with van der Waals surface area (Å²) in [6.07, 6.45) is 2.46. The minimum Gasteiger partial charge on any atom is -0.316 e. The maximum Gasteiger partial charge on any atom is 0.0130 e. The lowest BCUT2D eigenvalue weighted by Gasteiger charge is -2.13. The topological polar surface area (TPSA) is 12.0 Å². The van der Waals surface area contributed by atoms with Gasteiger partial charge in [0.05, 0.1) is 0 Å². The van der Waals surface area contributed by atoms with Crippen molar-refractivity contribution in [3.05, 3.63) is 33.4 Å². The molecule has 0 aliphatic carbocycles. The molecular formula is C15H24IN. The van der Waals surface area contributed by atoms with Crippen molar-refractivity contribution in [2.45, 2.75) is 33.6 Å². The molecule has 0 spiro atoms. The predicted octanol–water partition coefficient (Wildman–Crippen LogP) is 4.11. The minimum atomic E-state index is 0.751. The van der Waals surface area contributed by atoms with Gasteiger partial charge in [-0.3, -0.25) is 0 Å². The molecule has 1 atom stereocenters. The van der Waals surface area contributed by atoms with E-state index in [1.165, 1.54) is 22.0 Å². The van der Waals surface area contributed by atoms with E-state index in [0.717, 1.165) is 24.9 Å². The highest BCUT2D eigenvalue weighted by Crippen LogP contribution is 2.13. The Balaban J connectivity index is 2.20. The van der Waals surface area contributed by atoms with Crippen LogP contribution in [0.15, 0.2) is 24.3 Å². The molecule has 0 saturated carbocycles. The van der Waals surface area contributed by atoms with E-state index < -0.39 is 0 Å². The van der Waals surface area contributed by atoms with Crippen LogP contribution in [0.3, 0.4) is 0 Å². The molecule has 17 heavy (non-hydrogen) atoms. The fourth-order valence-corrected chi connectivity index (χ4v) is 2.22. The molecule has 1 aromatic rings. The lowest BCUT2D eigenvalue weighted by molar-refractivity contribution is 0.474. The summed E-state index contributed by atoms with van der Waals surface area (Å²) in [4.78, 5) is 0. The SMILES string of the molecule is CC(C)CNCCC(C)Cc1ccc(I)cc1. The number of benzene rings is 1. The van der Waals surface area contributed by atoms with Crippen LogP contribution in [-0.4, -0.2) is 13.1 Å². The molecule has 0 amide bonds. The van der Waals surface area contributed by atoms with Gasteiger partial charge in [0, 0.05) is 3.57 Å². The van der Waals surface area contributed by atoms with Crippen LogP contribution < -0.4 is 5.32 Å². The summed E-state index contributed by atoms with van der Waals surface area (Å²) in [6.45, 7) is 9.12. The summed E-state index contributed by atoms with van der Waals surface area (Å²) >= 11 is 2.35. The van der Waals surface area contributed by atoms with Crippen LogP contribution in [0.1, 0.15) is 32.8 Å². The quantitative estimate of drug-likeness (QED) is 0.579. The predicted molar refractivity (Wildman–Crippen MR) is 84.4 cm³/mol. The van der Waals surface area contributed by atoms with Crippen LogP contribution in [-0.2, 0) is 6.42 Å². The number of halogens is 1. The number of hydrogen-bond donors (Lipinski definition) is 1. The molecule has 0 aliphatic rings. The summed E-state index contributed by atoms with van der Waals surface area (Å²) in [6, 6.07) is 8.89. The molecule has 0 fully saturated rings. The molecule has 0 radical (unpaired) electrons. The maximum atomic E-state index is 3.51. The Labute approximate surface area is 120 Å². The van der Waals surface area contributed by atoms with Crippen molar-refractivity contribution in [3.63, 3.8) is 0 Å². The molecule has 1 nitrogen and oxygen atoms in total. The Morgan fingerprint density at radius 3 is 2.35 bits per heavy atom. The van der Waals surface area contributed by atoms with Gasteiger partial charge in [0.15, 0.2) is 0 Å². The zero-order valence-corrected chi connectivity index (χ0v) is 13.3. The first-order valence-corrected chi connectivity index (χ1v) is 7.61. The molecule has 1 aromatic carbocycles. The summed E-state index contributed by atoms with van der Waals surface area (Å²) in [7, 11) is 0. The summed E-state index contributed by atoms with van der Waals surface area (Å²) < 4.78 is 1.32. The second kappa shape index (κ2) is 8.09. The van der Waals surface area contributed by atoms with Gasteiger partial charge in [-0.2, -0.15) is 0 Å². The highest BCUT2D eigenvalue weighted by atomic mass is 127. The monoisotopic (exact) mass is 345 g/mol. The molecule has 96 valence electrons. The van der Waals surface area contributed by atoms with Gasteiger partial charge in [-0.15, -0.1) is 0 Å². The Bertz CT molecular complexity index is 305. The van der Waals surface area contributed by atoms with E-state index in [4.69, 9.17) is 0 Å². The fourth-order valence-electron chi connectivity index (χ4n) is 1.86. The van der Waals surface area contributed by atoms with E-state index >= 15 is 0 Å². The van der Waals surface area contributed by atoms with Crippen LogP contribution in [0, 0.1) is 15.4 Å². The third-order valence-electron chi connectivity index (χ3n) is 2.86. The van der Waals surface area contributed by atoms with Crippen molar-refractivity contribution in [3.8, 4) is 0 Å². The number of nitrogens with one attached hydrogen (secondary N) is 1. The average Bonchev–Trinajstić information content (AvgIpc) is 2.27. The normalized spacial score (nSPS) is 13.0. The first-order chi connectivity index (χ1) is 8.08. The molecule has 0 heterocycles. The molecule has 0 aromatic heterocycles. The van der Waals surface area contributed by atoms with Crippen LogP contribution in [0.5, 0.6) is 0 Å². The van der Waals surface area contributed by atoms with Gasteiger partial charge in [0.25, 0.3) is 0 Å². The Hall–Kier alpha value is -0.0900. The first-order valence-electron chi connectivity index (χ1n) is 6.53. The summed E-state index contributed by atoms with van der Waals surface area (Å²) in [5.74, 6) is 1.51.